The van der Waals surface area contributed by atoms with Gasteiger partial charge in [0.05, 0.1) is 21.9 Å². The highest BCUT2D eigenvalue weighted by Gasteiger charge is 2.52. The zero-order valence-electron chi connectivity index (χ0n) is 15.0. The first kappa shape index (κ1) is 19.5. The van der Waals surface area contributed by atoms with E-state index >= 15 is 0 Å². The first-order valence-corrected chi connectivity index (χ1v) is 9.20. The number of rotatable bonds is 4. The van der Waals surface area contributed by atoms with Crippen molar-refractivity contribution >= 4 is 41.7 Å². The second-order valence-electron chi connectivity index (χ2n) is 6.94. The molecular formula is C17H23BClNO3S. The van der Waals surface area contributed by atoms with Crippen molar-refractivity contribution in [3.8, 4) is 0 Å². The second-order valence-corrected chi connectivity index (χ2v) is 8.53. The van der Waals surface area contributed by atoms with E-state index in [0.717, 1.165) is 16.7 Å². The summed E-state index contributed by atoms with van der Waals surface area (Å²) >= 11 is 7.21. The van der Waals surface area contributed by atoms with Gasteiger partial charge >= 0.3 is 7.12 Å². The quantitative estimate of drug-likeness (QED) is 0.741. The number of aromatic nitrogens is 1. The third kappa shape index (κ3) is 4.42. The first-order chi connectivity index (χ1) is 11.0. The third-order valence-electron chi connectivity index (χ3n) is 4.41. The van der Waals surface area contributed by atoms with Crippen LogP contribution >= 0.6 is 23.4 Å². The molecule has 0 unspecified atom stereocenters. The molecule has 0 aromatic carbocycles. The Hall–Kier alpha value is -0.815. The number of hydrogen-bond donors (Lipinski definition) is 0. The topological polar surface area (TPSA) is 48.4 Å². The van der Waals surface area contributed by atoms with Gasteiger partial charge in [-0.25, -0.2) is 0 Å². The Balaban J connectivity index is 2.35. The van der Waals surface area contributed by atoms with Crippen molar-refractivity contribution < 1.29 is 14.1 Å². The molecule has 4 nitrogen and oxygen atoms in total. The molecule has 0 spiro atoms. The van der Waals surface area contributed by atoms with Gasteiger partial charge in [0.1, 0.15) is 0 Å². The minimum absolute atomic E-state index is 0.0539. The highest BCUT2D eigenvalue weighted by atomic mass is 35.5. The molecular weight excluding hydrogens is 345 g/mol. The molecule has 0 radical (unpaired) electrons. The summed E-state index contributed by atoms with van der Waals surface area (Å²) < 4.78 is 12.3. The van der Waals surface area contributed by atoms with Crippen molar-refractivity contribution in [3.05, 3.63) is 34.0 Å². The summed E-state index contributed by atoms with van der Waals surface area (Å²) in [6, 6.07) is 1.86. The van der Waals surface area contributed by atoms with Crippen molar-refractivity contribution in [2.75, 3.05) is 5.75 Å². The van der Waals surface area contributed by atoms with Crippen LogP contribution in [0.4, 0.5) is 0 Å². The molecule has 1 fully saturated rings. The van der Waals surface area contributed by atoms with Crippen molar-refractivity contribution in [1.82, 2.24) is 4.98 Å². The van der Waals surface area contributed by atoms with Crippen LogP contribution in [0.15, 0.2) is 17.7 Å². The molecule has 0 bridgehead atoms. The Morgan fingerprint density at radius 3 is 2.42 bits per heavy atom. The van der Waals surface area contributed by atoms with Crippen LogP contribution < -0.4 is 0 Å². The maximum Gasteiger partial charge on any atom is 0.491 e. The summed E-state index contributed by atoms with van der Waals surface area (Å²) in [5, 5.41) is 0.651. The number of halogens is 1. The average molecular weight is 368 g/mol. The number of nitrogens with zero attached hydrogens (tertiary/aromatic N) is 1. The Bertz CT molecular complexity index is 660. The summed E-state index contributed by atoms with van der Waals surface area (Å²) in [5.41, 5.74) is 1.78. The summed E-state index contributed by atoms with van der Waals surface area (Å²) in [6.07, 6.45) is 3.55. The van der Waals surface area contributed by atoms with E-state index in [9.17, 15) is 4.79 Å². The Kier molecular flexibility index (Phi) is 5.85. The fourth-order valence-electron chi connectivity index (χ4n) is 2.23. The number of thioether (sulfide) groups is 1. The molecule has 1 aliphatic heterocycles. The zero-order chi connectivity index (χ0) is 18.1. The number of carbonyl (C=O) groups excluding carboxylic acids is 1. The molecule has 7 heteroatoms. The molecule has 2 heterocycles. The van der Waals surface area contributed by atoms with Crippen molar-refractivity contribution in [1.29, 1.82) is 0 Å². The maximum absolute atomic E-state index is 11.4. The third-order valence-corrected chi connectivity index (χ3v) is 5.50. The molecule has 0 N–H and O–H groups in total. The lowest BCUT2D eigenvalue weighted by molar-refractivity contribution is -0.109. The summed E-state index contributed by atoms with van der Waals surface area (Å²) in [5.74, 6) is 0.496. The smallest absolute Gasteiger partial charge is 0.400 e. The highest BCUT2D eigenvalue weighted by molar-refractivity contribution is 8.13. The standard InChI is InChI=1S/C17H23BClNO3S/c1-11-7-14(19)9-20-15(11)8-13(10-24-12(2)21)18-22-16(3,4)17(5,6)23-18/h7-9H,10H2,1-6H3. The average Bonchev–Trinajstić information content (AvgIpc) is 2.65. The van der Waals surface area contributed by atoms with Crippen molar-refractivity contribution in [3.63, 3.8) is 0 Å². The zero-order valence-corrected chi connectivity index (χ0v) is 16.5. The molecule has 1 aromatic rings. The van der Waals surface area contributed by atoms with E-state index in [4.69, 9.17) is 20.9 Å². The van der Waals surface area contributed by atoms with Crippen molar-refractivity contribution in [2.24, 2.45) is 0 Å². The largest absolute Gasteiger partial charge is 0.491 e. The summed E-state index contributed by atoms with van der Waals surface area (Å²) in [6.45, 7) is 11.5. The molecule has 0 amide bonds. The van der Waals surface area contributed by atoms with Crippen LogP contribution in [0, 0.1) is 6.92 Å². The predicted octanol–water partition coefficient (Wildman–Crippen LogP) is 4.34. The van der Waals surface area contributed by atoms with Gasteiger partial charge in [-0.05, 0) is 57.8 Å². The number of carbonyl (C=O) groups is 1. The van der Waals surface area contributed by atoms with Gasteiger partial charge in [0, 0.05) is 18.9 Å². The van der Waals surface area contributed by atoms with Gasteiger partial charge in [-0.3, -0.25) is 9.78 Å². The van der Waals surface area contributed by atoms with E-state index in [0.29, 0.717) is 10.8 Å². The Morgan fingerprint density at radius 2 is 1.92 bits per heavy atom. The van der Waals surface area contributed by atoms with Crippen LogP contribution in [0.2, 0.25) is 5.02 Å². The maximum atomic E-state index is 11.4. The highest BCUT2D eigenvalue weighted by Crippen LogP contribution is 2.39. The van der Waals surface area contributed by atoms with Gasteiger partial charge in [-0.15, -0.1) is 0 Å². The normalized spacial score (nSPS) is 19.6. The predicted molar refractivity (Wildman–Crippen MR) is 101 cm³/mol. The van der Waals surface area contributed by atoms with E-state index < -0.39 is 18.3 Å². The van der Waals surface area contributed by atoms with Crippen LogP contribution in [0.1, 0.15) is 45.9 Å². The van der Waals surface area contributed by atoms with Gasteiger partial charge in [0.15, 0.2) is 5.12 Å². The molecule has 24 heavy (non-hydrogen) atoms. The molecule has 2 rings (SSSR count). The molecule has 1 aromatic heterocycles. The van der Waals surface area contributed by atoms with Gasteiger partial charge in [-0.2, -0.15) is 0 Å². The van der Waals surface area contributed by atoms with E-state index in [-0.39, 0.29) is 5.12 Å². The number of hydrogen-bond acceptors (Lipinski definition) is 5. The summed E-state index contributed by atoms with van der Waals surface area (Å²) in [4.78, 5) is 15.8. The first-order valence-electron chi connectivity index (χ1n) is 7.83. The van der Waals surface area contributed by atoms with Crippen LogP contribution in [0.5, 0.6) is 0 Å². The number of pyridine rings is 1. The van der Waals surface area contributed by atoms with E-state index in [1.54, 1.807) is 13.1 Å². The molecule has 0 atom stereocenters. The van der Waals surface area contributed by atoms with Crippen LogP contribution in [0.3, 0.4) is 0 Å². The molecule has 0 saturated carbocycles. The van der Waals surface area contributed by atoms with E-state index in [1.165, 1.54) is 11.8 Å². The lowest BCUT2D eigenvalue weighted by atomic mass is 9.78. The van der Waals surface area contributed by atoms with Crippen LogP contribution in [-0.4, -0.2) is 34.2 Å². The second kappa shape index (κ2) is 7.20. The Labute approximate surface area is 153 Å². The minimum Gasteiger partial charge on any atom is -0.400 e. The molecule has 1 saturated heterocycles. The number of aryl methyl sites for hydroxylation is 1. The van der Waals surface area contributed by atoms with E-state index in [1.807, 2.05) is 46.8 Å². The fourth-order valence-corrected chi connectivity index (χ4v) is 3.04. The van der Waals surface area contributed by atoms with E-state index in [2.05, 4.69) is 4.98 Å². The SMILES string of the molecule is CC(=O)SCC(=Cc1ncc(Cl)cc1C)B1OC(C)(C)C(C)(C)O1. The lowest BCUT2D eigenvalue weighted by Gasteiger charge is -2.32. The molecule has 130 valence electrons. The van der Waals surface area contributed by atoms with Gasteiger partial charge < -0.3 is 9.31 Å². The fraction of sp³-hybridized carbons (Fsp3) is 0.529. The molecule has 0 aliphatic carbocycles. The Morgan fingerprint density at radius 1 is 1.33 bits per heavy atom. The molecule has 1 aliphatic rings. The van der Waals surface area contributed by atoms with Gasteiger partial charge in [-0.1, -0.05) is 23.4 Å². The summed E-state index contributed by atoms with van der Waals surface area (Å²) in [7, 11) is -0.501. The lowest BCUT2D eigenvalue weighted by Crippen LogP contribution is -2.41. The van der Waals surface area contributed by atoms with Gasteiger partial charge in [0.25, 0.3) is 0 Å². The van der Waals surface area contributed by atoms with Gasteiger partial charge in [0.2, 0.25) is 0 Å². The van der Waals surface area contributed by atoms with Crippen molar-refractivity contribution in [2.45, 2.75) is 52.7 Å². The van der Waals surface area contributed by atoms with Crippen LogP contribution in [0.25, 0.3) is 6.08 Å². The van der Waals surface area contributed by atoms with Crippen LogP contribution in [-0.2, 0) is 14.1 Å². The minimum atomic E-state index is -0.501. The monoisotopic (exact) mass is 367 g/mol.